The van der Waals surface area contributed by atoms with E-state index in [-0.39, 0.29) is 24.4 Å². The van der Waals surface area contributed by atoms with Crippen molar-refractivity contribution in [1.82, 2.24) is 5.32 Å². The van der Waals surface area contributed by atoms with Crippen LogP contribution < -0.4 is 10.1 Å². The molecule has 0 radical (unpaired) electrons. The second-order valence-electron chi connectivity index (χ2n) is 4.12. The number of nitrogens with one attached hydrogen (secondary N) is 1. The molecule has 0 heterocycles. The second-order valence-corrected chi connectivity index (χ2v) is 4.12. The van der Waals surface area contributed by atoms with Gasteiger partial charge in [-0.3, -0.25) is 4.79 Å². The third-order valence-corrected chi connectivity index (χ3v) is 2.32. The molecule has 0 aromatic heterocycles. The Labute approximate surface area is 106 Å². The van der Waals surface area contributed by atoms with Crippen LogP contribution in [-0.2, 0) is 9.53 Å². The number of rotatable bonds is 6. The van der Waals surface area contributed by atoms with Gasteiger partial charge in [0.05, 0.1) is 6.61 Å². The molecule has 1 amide bonds. The van der Waals surface area contributed by atoms with Crippen LogP contribution in [-0.4, -0.2) is 32.3 Å². The monoisotopic (exact) mass is 255 g/mol. The van der Waals surface area contributed by atoms with Crippen LogP contribution >= 0.6 is 0 Å². The van der Waals surface area contributed by atoms with Crippen molar-refractivity contribution in [2.75, 3.05) is 20.3 Å². The molecule has 0 spiro atoms. The van der Waals surface area contributed by atoms with Crippen LogP contribution in [0.3, 0.4) is 0 Å². The van der Waals surface area contributed by atoms with Crippen LogP contribution in [0, 0.1) is 12.7 Å². The highest BCUT2D eigenvalue weighted by molar-refractivity contribution is 5.77. The zero-order valence-electron chi connectivity index (χ0n) is 10.8. The summed E-state index contributed by atoms with van der Waals surface area (Å²) in [4.78, 5) is 11.5. The first-order chi connectivity index (χ1) is 8.52. The van der Waals surface area contributed by atoms with Gasteiger partial charge in [0, 0.05) is 13.2 Å². The highest BCUT2D eigenvalue weighted by atomic mass is 19.1. The van der Waals surface area contributed by atoms with Gasteiger partial charge in [0.15, 0.2) is 6.61 Å². The fourth-order valence-corrected chi connectivity index (χ4v) is 1.46. The molecule has 4 nitrogen and oxygen atoms in total. The molecule has 0 saturated carbocycles. The van der Waals surface area contributed by atoms with E-state index in [1.165, 1.54) is 12.1 Å². The van der Waals surface area contributed by atoms with Gasteiger partial charge in [0.25, 0.3) is 5.91 Å². The van der Waals surface area contributed by atoms with Gasteiger partial charge in [-0.2, -0.15) is 0 Å². The molecule has 1 atom stereocenters. The van der Waals surface area contributed by atoms with E-state index in [2.05, 4.69) is 5.32 Å². The third-order valence-electron chi connectivity index (χ3n) is 2.32. The van der Waals surface area contributed by atoms with E-state index in [0.717, 1.165) is 0 Å². The highest BCUT2D eigenvalue weighted by Gasteiger charge is 2.08. The Morgan fingerprint density at radius 2 is 2.22 bits per heavy atom. The largest absolute Gasteiger partial charge is 0.484 e. The second kappa shape index (κ2) is 6.96. The number of methoxy groups -OCH3 is 1. The van der Waals surface area contributed by atoms with Crippen LogP contribution in [0.2, 0.25) is 0 Å². The number of ether oxygens (including phenoxy) is 2. The molecule has 1 aromatic carbocycles. The molecular weight excluding hydrogens is 237 g/mol. The molecule has 0 fully saturated rings. The van der Waals surface area contributed by atoms with Crippen LogP contribution in [0.4, 0.5) is 4.39 Å². The van der Waals surface area contributed by atoms with Crippen molar-refractivity contribution in [3.05, 3.63) is 29.6 Å². The zero-order chi connectivity index (χ0) is 13.5. The van der Waals surface area contributed by atoms with Gasteiger partial charge in [-0.15, -0.1) is 0 Å². The van der Waals surface area contributed by atoms with E-state index in [1.807, 2.05) is 6.92 Å². The van der Waals surface area contributed by atoms with Crippen LogP contribution in [0.15, 0.2) is 18.2 Å². The first-order valence-corrected chi connectivity index (χ1v) is 5.70. The summed E-state index contributed by atoms with van der Waals surface area (Å²) < 4.78 is 23.2. The Morgan fingerprint density at radius 3 is 2.83 bits per heavy atom. The summed E-state index contributed by atoms with van der Waals surface area (Å²) in [5.41, 5.74) is 0.487. The Kier molecular flexibility index (Phi) is 5.58. The summed E-state index contributed by atoms with van der Waals surface area (Å²) in [5.74, 6) is -0.0505. The van der Waals surface area contributed by atoms with Crippen molar-refractivity contribution in [3.63, 3.8) is 0 Å². The number of halogens is 1. The van der Waals surface area contributed by atoms with Crippen LogP contribution in [0.1, 0.15) is 12.5 Å². The van der Waals surface area contributed by atoms with Gasteiger partial charge in [0.2, 0.25) is 0 Å². The number of aryl methyl sites for hydroxylation is 1. The lowest BCUT2D eigenvalue weighted by molar-refractivity contribution is -0.124. The topological polar surface area (TPSA) is 47.6 Å². The number of benzene rings is 1. The summed E-state index contributed by atoms with van der Waals surface area (Å²) in [6.07, 6.45) is 0. The SMILES string of the molecule is COCC(C)NC(=O)COc1ccc(F)c(C)c1. The minimum Gasteiger partial charge on any atom is -0.484 e. The molecule has 1 N–H and O–H groups in total. The molecule has 0 aliphatic carbocycles. The molecule has 1 unspecified atom stereocenters. The van der Waals surface area contributed by atoms with E-state index in [9.17, 15) is 9.18 Å². The minimum absolute atomic E-state index is 0.0685. The van der Waals surface area contributed by atoms with Gasteiger partial charge < -0.3 is 14.8 Å². The van der Waals surface area contributed by atoms with Crippen molar-refractivity contribution >= 4 is 5.91 Å². The lowest BCUT2D eigenvalue weighted by Gasteiger charge is -2.13. The molecule has 100 valence electrons. The van der Waals surface area contributed by atoms with Gasteiger partial charge in [-0.05, 0) is 37.6 Å². The van der Waals surface area contributed by atoms with E-state index >= 15 is 0 Å². The molecule has 0 aliphatic heterocycles. The van der Waals surface area contributed by atoms with Gasteiger partial charge >= 0.3 is 0 Å². The predicted molar refractivity (Wildman–Crippen MR) is 66.1 cm³/mol. The maximum atomic E-state index is 13.0. The molecular formula is C13H18FNO3. The lowest BCUT2D eigenvalue weighted by atomic mass is 10.2. The van der Waals surface area contributed by atoms with Crippen molar-refractivity contribution in [1.29, 1.82) is 0 Å². The van der Waals surface area contributed by atoms with Crippen LogP contribution in [0.5, 0.6) is 5.75 Å². The summed E-state index contributed by atoms with van der Waals surface area (Å²) in [7, 11) is 1.57. The summed E-state index contributed by atoms with van der Waals surface area (Å²) in [6, 6.07) is 4.30. The Bertz CT molecular complexity index is 409. The smallest absolute Gasteiger partial charge is 0.258 e. The molecule has 18 heavy (non-hydrogen) atoms. The van der Waals surface area contributed by atoms with Gasteiger partial charge in [-0.25, -0.2) is 4.39 Å². The maximum absolute atomic E-state index is 13.0. The number of carbonyl (C=O) groups is 1. The quantitative estimate of drug-likeness (QED) is 0.841. The lowest BCUT2D eigenvalue weighted by Crippen LogP contribution is -2.38. The summed E-state index contributed by atoms with van der Waals surface area (Å²) in [6.45, 7) is 3.83. The van der Waals surface area contributed by atoms with Crippen molar-refractivity contribution in [2.45, 2.75) is 19.9 Å². The van der Waals surface area contributed by atoms with Crippen LogP contribution in [0.25, 0.3) is 0 Å². The van der Waals surface area contributed by atoms with Crippen molar-refractivity contribution < 1.29 is 18.7 Å². The number of amides is 1. The normalized spacial score (nSPS) is 12.0. The molecule has 1 rings (SSSR count). The van der Waals surface area contributed by atoms with E-state index < -0.39 is 0 Å². The first kappa shape index (κ1) is 14.4. The van der Waals surface area contributed by atoms with Gasteiger partial charge in [0.1, 0.15) is 11.6 Å². The standard InChI is InChI=1S/C13H18FNO3/c1-9-6-11(4-5-12(9)14)18-8-13(16)15-10(2)7-17-3/h4-6,10H,7-8H2,1-3H3,(H,15,16). The Morgan fingerprint density at radius 1 is 1.50 bits per heavy atom. The fourth-order valence-electron chi connectivity index (χ4n) is 1.46. The number of hydrogen-bond donors (Lipinski definition) is 1. The molecule has 5 heteroatoms. The van der Waals surface area contributed by atoms with E-state index in [1.54, 1.807) is 20.1 Å². The van der Waals surface area contributed by atoms with Crippen molar-refractivity contribution in [2.24, 2.45) is 0 Å². The predicted octanol–water partition coefficient (Wildman–Crippen LogP) is 1.66. The first-order valence-electron chi connectivity index (χ1n) is 5.70. The van der Waals surface area contributed by atoms with Gasteiger partial charge in [-0.1, -0.05) is 0 Å². The Balaban J connectivity index is 2.40. The van der Waals surface area contributed by atoms with Crippen molar-refractivity contribution in [3.8, 4) is 5.75 Å². The maximum Gasteiger partial charge on any atom is 0.258 e. The van der Waals surface area contributed by atoms with E-state index in [0.29, 0.717) is 17.9 Å². The average molecular weight is 255 g/mol. The highest BCUT2D eigenvalue weighted by Crippen LogP contribution is 2.15. The molecule has 0 bridgehead atoms. The number of carbonyl (C=O) groups excluding carboxylic acids is 1. The zero-order valence-corrected chi connectivity index (χ0v) is 10.8. The fraction of sp³-hybridized carbons (Fsp3) is 0.462. The molecule has 1 aromatic rings. The summed E-state index contributed by atoms with van der Waals surface area (Å²) in [5, 5.41) is 2.71. The number of hydrogen-bond acceptors (Lipinski definition) is 3. The third kappa shape index (κ3) is 4.71. The molecule has 0 aliphatic rings. The van der Waals surface area contributed by atoms with E-state index in [4.69, 9.17) is 9.47 Å². The Hall–Kier alpha value is -1.62. The minimum atomic E-state index is -0.291. The molecule has 0 saturated heterocycles. The average Bonchev–Trinajstić information content (AvgIpc) is 2.31. The summed E-state index contributed by atoms with van der Waals surface area (Å²) >= 11 is 0.